The quantitative estimate of drug-likeness (QED) is 0.455. The number of ketones is 1. The predicted molar refractivity (Wildman–Crippen MR) is 68.8 cm³/mol. The summed E-state index contributed by atoms with van der Waals surface area (Å²) in [6, 6.07) is 9.14. The van der Waals surface area contributed by atoms with Gasteiger partial charge < -0.3 is 4.74 Å². The lowest BCUT2D eigenvalue weighted by molar-refractivity contribution is -0.155. The molecule has 0 saturated heterocycles. The Hall–Kier alpha value is -2.08. The molecule has 3 heteroatoms. The Labute approximate surface area is 107 Å². The maximum absolute atomic E-state index is 11.4. The van der Waals surface area contributed by atoms with Crippen LogP contribution in [0, 0.1) is 11.8 Å². The molecule has 94 valence electrons. The molecule has 0 amide bonds. The van der Waals surface area contributed by atoms with Gasteiger partial charge in [0.05, 0.1) is 0 Å². The lowest BCUT2D eigenvalue weighted by Gasteiger charge is -2.18. The normalized spacial score (nSPS) is 10.2. The lowest BCUT2D eigenvalue weighted by Crippen LogP contribution is -2.25. The highest BCUT2D eigenvalue weighted by Crippen LogP contribution is 2.08. The van der Waals surface area contributed by atoms with Gasteiger partial charge in [-0.3, -0.25) is 9.59 Å². The Morgan fingerprint density at radius 2 is 1.78 bits per heavy atom. The van der Waals surface area contributed by atoms with Gasteiger partial charge >= 0.3 is 5.97 Å². The van der Waals surface area contributed by atoms with Crippen molar-refractivity contribution in [2.24, 2.45) is 0 Å². The maximum Gasteiger partial charge on any atom is 0.314 e. The summed E-state index contributed by atoms with van der Waals surface area (Å²) >= 11 is 0. The second kappa shape index (κ2) is 6.02. The second-order valence-corrected chi connectivity index (χ2v) is 4.80. The fourth-order valence-corrected chi connectivity index (χ4v) is 1.22. The number of benzene rings is 1. The minimum atomic E-state index is -0.579. The number of Topliss-reactive ketones (excluding diaryl/α,β-unsaturated/α-hetero) is 1. The standard InChI is InChI=1S/C15H16O3/c1-15(2,3)18-14(17)11-13(16)10-9-12-7-5-4-6-8-12/h4-8H,11H2,1-3H3. The first-order chi connectivity index (χ1) is 8.37. The van der Waals surface area contributed by atoms with Crippen LogP contribution in [0.2, 0.25) is 0 Å². The molecule has 0 atom stereocenters. The molecule has 0 heterocycles. The van der Waals surface area contributed by atoms with Gasteiger partial charge in [0, 0.05) is 5.56 Å². The smallest absolute Gasteiger partial charge is 0.314 e. The number of hydrogen-bond acceptors (Lipinski definition) is 3. The number of esters is 1. The molecular weight excluding hydrogens is 228 g/mol. The molecule has 1 aromatic rings. The van der Waals surface area contributed by atoms with E-state index in [1.807, 2.05) is 18.2 Å². The molecule has 0 fully saturated rings. The van der Waals surface area contributed by atoms with E-state index in [0.717, 1.165) is 5.56 Å². The zero-order chi connectivity index (χ0) is 13.6. The van der Waals surface area contributed by atoms with Crippen LogP contribution >= 0.6 is 0 Å². The highest BCUT2D eigenvalue weighted by molar-refractivity contribution is 6.06. The van der Waals surface area contributed by atoms with E-state index in [1.165, 1.54) is 0 Å². The Balaban J connectivity index is 2.53. The van der Waals surface area contributed by atoms with Gasteiger partial charge in [0.25, 0.3) is 0 Å². The molecule has 0 bridgehead atoms. The van der Waals surface area contributed by atoms with Gasteiger partial charge in [-0.15, -0.1) is 0 Å². The summed E-state index contributed by atoms with van der Waals surface area (Å²) in [5.41, 5.74) is 0.166. The molecule has 0 unspecified atom stereocenters. The van der Waals surface area contributed by atoms with Crippen molar-refractivity contribution >= 4 is 11.8 Å². The third kappa shape index (κ3) is 5.86. The summed E-state index contributed by atoms with van der Waals surface area (Å²) in [5, 5.41) is 0. The number of hydrogen-bond donors (Lipinski definition) is 0. The van der Waals surface area contributed by atoms with Crippen LogP contribution in [0.15, 0.2) is 30.3 Å². The average Bonchev–Trinajstić information content (AvgIpc) is 2.25. The van der Waals surface area contributed by atoms with Crippen LogP contribution in [0.4, 0.5) is 0 Å². The van der Waals surface area contributed by atoms with Crippen LogP contribution in [0.5, 0.6) is 0 Å². The lowest BCUT2D eigenvalue weighted by atomic mass is 10.2. The summed E-state index contributed by atoms with van der Waals surface area (Å²) in [7, 11) is 0. The molecule has 1 rings (SSSR count). The zero-order valence-electron chi connectivity index (χ0n) is 10.8. The van der Waals surface area contributed by atoms with Gasteiger partial charge in [0.2, 0.25) is 5.78 Å². The summed E-state index contributed by atoms with van der Waals surface area (Å²) in [6.45, 7) is 5.26. The highest BCUT2D eigenvalue weighted by atomic mass is 16.6. The van der Waals surface area contributed by atoms with Crippen molar-refractivity contribution in [1.82, 2.24) is 0 Å². The number of carbonyl (C=O) groups is 2. The minimum absolute atomic E-state index is 0.308. The van der Waals surface area contributed by atoms with Crippen molar-refractivity contribution in [2.45, 2.75) is 32.8 Å². The van der Waals surface area contributed by atoms with E-state index in [1.54, 1.807) is 32.9 Å². The maximum atomic E-state index is 11.4. The van der Waals surface area contributed by atoms with Gasteiger partial charge in [0.15, 0.2) is 0 Å². The summed E-state index contributed by atoms with van der Waals surface area (Å²) in [5.74, 6) is 4.15. The molecule has 0 radical (unpaired) electrons. The Morgan fingerprint density at radius 1 is 1.17 bits per heavy atom. The first-order valence-electron chi connectivity index (χ1n) is 5.68. The van der Waals surface area contributed by atoms with Crippen LogP contribution in [-0.4, -0.2) is 17.4 Å². The minimum Gasteiger partial charge on any atom is -0.460 e. The van der Waals surface area contributed by atoms with Crippen LogP contribution < -0.4 is 0 Å². The molecule has 0 aliphatic rings. The molecular formula is C15H16O3. The number of carbonyl (C=O) groups excluding carboxylic acids is 2. The zero-order valence-corrected chi connectivity index (χ0v) is 10.8. The second-order valence-electron chi connectivity index (χ2n) is 4.80. The molecule has 3 nitrogen and oxygen atoms in total. The van der Waals surface area contributed by atoms with E-state index >= 15 is 0 Å². The SMILES string of the molecule is CC(C)(C)OC(=O)CC(=O)C#Cc1ccccc1. The van der Waals surface area contributed by atoms with Crippen LogP contribution in [-0.2, 0) is 14.3 Å². The fraction of sp³-hybridized carbons (Fsp3) is 0.333. The average molecular weight is 244 g/mol. The molecule has 0 aliphatic carbocycles. The van der Waals surface area contributed by atoms with Crippen LogP contribution in [0.25, 0.3) is 0 Å². The Bertz CT molecular complexity index is 484. The number of rotatable bonds is 2. The van der Waals surface area contributed by atoms with E-state index in [9.17, 15) is 9.59 Å². The van der Waals surface area contributed by atoms with Gasteiger partial charge in [-0.05, 0) is 38.8 Å². The van der Waals surface area contributed by atoms with Crippen molar-refractivity contribution in [2.75, 3.05) is 0 Å². The van der Waals surface area contributed by atoms with Crippen molar-refractivity contribution in [3.8, 4) is 11.8 Å². The predicted octanol–water partition coefficient (Wildman–Crippen LogP) is 2.34. The van der Waals surface area contributed by atoms with Gasteiger partial charge in [-0.25, -0.2) is 0 Å². The van der Waals surface area contributed by atoms with Gasteiger partial charge in [-0.2, -0.15) is 0 Å². The molecule has 0 aromatic heterocycles. The van der Waals surface area contributed by atoms with E-state index in [0.29, 0.717) is 0 Å². The van der Waals surface area contributed by atoms with Crippen LogP contribution in [0.3, 0.4) is 0 Å². The van der Waals surface area contributed by atoms with Crippen molar-refractivity contribution in [3.05, 3.63) is 35.9 Å². The topological polar surface area (TPSA) is 43.4 Å². The van der Waals surface area contributed by atoms with Crippen LogP contribution in [0.1, 0.15) is 32.8 Å². The first-order valence-corrected chi connectivity index (χ1v) is 5.68. The van der Waals surface area contributed by atoms with Crippen molar-refractivity contribution in [3.63, 3.8) is 0 Å². The summed E-state index contributed by atoms with van der Waals surface area (Å²) < 4.78 is 5.03. The van der Waals surface area contributed by atoms with Crippen molar-refractivity contribution < 1.29 is 14.3 Å². The monoisotopic (exact) mass is 244 g/mol. The van der Waals surface area contributed by atoms with E-state index in [2.05, 4.69) is 11.8 Å². The summed E-state index contributed by atoms with van der Waals surface area (Å²) in [6.07, 6.45) is -0.308. The third-order valence-corrected chi connectivity index (χ3v) is 1.84. The summed E-state index contributed by atoms with van der Waals surface area (Å²) in [4.78, 5) is 22.8. The molecule has 0 aliphatic heterocycles. The largest absolute Gasteiger partial charge is 0.460 e. The van der Waals surface area contributed by atoms with Crippen molar-refractivity contribution in [1.29, 1.82) is 0 Å². The van der Waals surface area contributed by atoms with E-state index < -0.39 is 17.4 Å². The fourth-order valence-electron chi connectivity index (χ4n) is 1.22. The van der Waals surface area contributed by atoms with E-state index in [4.69, 9.17) is 4.74 Å². The molecule has 0 saturated carbocycles. The van der Waals surface area contributed by atoms with Gasteiger partial charge in [0.1, 0.15) is 12.0 Å². The molecule has 0 spiro atoms. The first kappa shape index (κ1) is 14.0. The third-order valence-electron chi connectivity index (χ3n) is 1.84. The molecule has 0 N–H and O–H groups in total. The molecule has 1 aromatic carbocycles. The van der Waals surface area contributed by atoms with Gasteiger partial charge in [-0.1, -0.05) is 24.1 Å². The highest BCUT2D eigenvalue weighted by Gasteiger charge is 2.17. The Morgan fingerprint density at radius 3 is 2.33 bits per heavy atom. The molecule has 18 heavy (non-hydrogen) atoms. The number of ether oxygens (including phenoxy) is 1. The Kier molecular flexibility index (Phi) is 4.67. The van der Waals surface area contributed by atoms with E-state index in [-0.39, 0.29) is 6.42 Å².